The molecule has 0 aliphatic heterocycles. The molecule has 18 heavy (non-hydrogen) atoms. The minimum absolute atomic E-state index is 0.0371. The highest BCUT2D eigenvalue weighted by molar-refractivity contribution is 6.41. The van der Waals surface area contributed by atoms with Crippen LogP contribution >= 0.6 is 23.2 Å². The average Bonchev–Trinajstić information content (AvgIpc) is 2.91. The minimum atomic E-state index is -0.486. The summed E-state index contributed by atoms with van der Waals surface area (Å²) in [6.45, 7) is -0.0371. The van der Waals surface area contributed by atoms with Gasteiger partial charge >= 0.3 is 0 Å². The predicted octanol–water partition coefficient (Wildman–Crippen LogP) is 2.37. The third kappa shape index (κ3) is 2.37. The van der Waals surface area contributed by atoms with Gasteiger partial charge in [0.15, 0.2) is 0 Å². The Kier molecular flexibility index (Phi) is 3.90. The van der Waals surface area contributed by atoms with E-state index >= 15 is 0 Å². The van der Waals surface area contributed by atoms with Crippen LogP contribution < -0.4 is 5.32 Å². The van der Waals surface area contributed by atoms with Gasteiger partial charge in [-0.25, -0.2) is 0 Å². The average molecular weight is 291 g/mol. The molecule has 1 amide bonds. The van der Waals surface area contributed by atoms with E-state index in [0.29, 0.717) is 15.9 Å². The van der Waals surface area contributed by atoms with E-state index in [1.54, 1.807) is 17.7 Å². The maximum absolute atomic E-state index is 12.2. The number of aliphatic hydroxyl groups is 1. The molecule has 0 bridgehead atoms. The number of hydrogen-bond acceptors (Lipinski definition) is 2. The first-order valence-corrected chi connectivity index (χ1v) is 6.69. The molecule has 1 aromatic rings. The predicted molar refractivity (Wildman–Crippen MR) is 71.2 cm³/mol. The molecule has 1 saturated carbocycles. The van der Waals surface area contributed by atoms with E-state index in [-0.39, 0.29) is 12.5 Å². The molecule has 0 radical (unpaired) electrons. The van der Waals surface area contributed by atoms with Crippen LogP contribution in [0, 0.1) is 0 Å². The smallest absolute Gasteiger partial charge is 0.268 e. The number of hydrogen-bond donors (Lipinski definition) is 2. The van der Waals surface area contributed by atoms with E-state index in [9.17, 15) is 9.90 Å². The van der Waals surface area contributed by atoms with Gasteiger partial charge in [0.2, 0.25) is 0 Å². The maximum atomic E-state index is 12.2. The molecular weight excluding hydrogens is 275 g/mol. The standard InChI is InChI=1S/C12H16Cl2N2O2/c1-16-9(6-8(13)10(16)14)11(18)15-12(7-17)4-2-3-5-12/h6,17H,2-5,7H2,1H3,(H,15,18). The molecule has 1 aromatic heterocycles. The van der Waals surface area contributed by atoms with Gasteiger partial charge in [-0.1, -0.05) is 36.0 Å². The summed E-state index contributed by atoms with van der Waals surface area (Å²) >= 11 is 11.8. The summed E-state index contributed by atoms with van der Waals surface area (Å²) in [5, 5.41) is 13.1. The zero-order chi connectivity index (χ0) is 13.3. The molecule has 1 heterocycles. The summed E-state index contributed by atoms with van der Waals surface area (Å²) in [4.78, 5) is 12.2. The van der Waals surface area contributed by atoms with Crippen LogP contribution in [0.2, 0.25) is 10.2 Å². The Balaban J connectivity index is 2.19. The number of aliphatic hydroxyl groups excluding tert-OH is 1. The Labute approximate surface area is 116 Å². The Hall–Kier alpha value is -0.710. The molecule has 0 aromatic carbocycles. The van der Waals surface area contributed by atoms with Crippen molar-refractivity contribution in [1.82, 2.24) is 9.88 Å². The van der Waals surface area contributed by atoms with Gasteiger partial charge in [-0.05, 0) is 18.9 Å². The van der Waals surface area contributed by atoms with E-state index in [2.05, 4.69) is 5.32 Å². The molecular formula is C12H16Cl2N2O2. The van der Waals surface area contributed by atoms with E-state index in [1.807, 2.05) is 0 Å². The third-order valence-corrected chi connectivity index (χ3v) is 4.43. The molecule has 1 aliphatic carbocycles. The highest BCUT2D eigenvalue weighted by atomic mass is 35.5. The number of carbonyl (C=O) groups is 1. The lowest BCUT2D eigenvalue weighted by molar-refractivity contribution is 0.0830. The summed E-state index contributed by atoms with van der Waals surface area (Å²) in [6, 6.07) is 1.54. The number of nitrogens with zero attached hydrogens (tertiary/aromatic N) is 1. The second-order valence-electron chi connectivity index (χ2n) is 4.83. The molecule has 0 saturated heterocycles. The molecule has 100 valence electrons. The Morgan fingerprint density at radius 1 is 1.50 bits per heavy atom. The lowest BCUT2D eigenvalue weighted by Crippen LogP contribution is -2.49. The summed E-state index contributed by atoms with van der Waals surface area (Å²) in [6.07, 6.45) is 3.66. The normalized spacial score (nSPS) is 18.0. The monoisotopic (exact) mass is 290 g/mol. The van der Waals surface area contributed by atoms with Crippen LogP contribution in [-0.2, 0) is 7.05 Å². The third-order valence-electron chi connectivity index (χ3n) is 3.59. The van der Waals surface area contributed by atoms with Crippen LogP contribution in [0.25, 0.3) is 0 Å². The number of amides is 1. The summed E-state index contributed by atoms with van der Waals surface area (Å²) in [7, 11) is 1.68. The molecule has 0 unspecified atom stereocenters. The van der Waals surface area contributed by atoms with Crippen LogP contribution in [0.3, 0.4) is 0 Å². The zero-order valence-electron chi connectivity index (χ0n) is 10.2. The van der Waals surface area contributed by atoms with Crippen molar-refractivity contribution in [3.63, 3.8) is 0 Å². The minimum Gasteiger partial charge on any atom is -0.394 e. The summed E-state index contributed by atoms with van der Waals surface area (Å²) < 4.78 is 1.54. The number of rotatable bonds is 3. The van der Waals surface area contributed by atoms with Crippen molar-refractivity contribution in [2.75, 3.05) is 6.61 Å². The van der Waals surface area contributed by atoms with Crippen molar-refractivity contribution in [2.24, 2.45) is 7.05 Å². The van der Waals surface area contributed by atoms with Gasteiger partial charge in [-0.2, -0.15) is 0 Å². The van der Waals surface area contributed by atoms with Crippen molar-refractivity contribution in [2.45, 2.75) is 31.2 Å². The number of halogens is 2. The fraction of sp³-hybridized carbons (Fsp3) is 0.583. The van der Waals surface area contributed by atoms with Crippen molar-refractivity contribution in [1.29, 1.82) is 0 Å². The second-order valence-corrected chi connectivity index (χ2v) is 5.59. The quantitative estimate of drug-likeness (QED) is 0.898. The van der Waals surface area contributed by atoms with Gasteiger partial charge in [0.05, 0.1) is 17.2 Å². The molecule has 6 heteroatoms. The van der Waals surface area contributed by atoms with Crippen LogP contribution in [0.1, 0.15) is 36.2 Å². The molecule has 0 atom stereocenters. The second kappa shape index (κ2) is 5.11. The highest BCUT2D eigenvalue weighted by Gasteiger charge is 2.35. The Bertz CT molecular complexity index is 465. The van der Waals surface area contributed by atoms with Crippen molar-refractivity contribution in [3.8, 4) is 0 Å². The molecule has 4 nitrogen and oxygen atoms in total. The first-order chi connectivity index (χ1) is 8.49. The topological polar surface area (TPSA) is 54.3 Å². The molecule has 1 aliphatic rings. The van der Waals surface area contributed by atoms with Gasteiger partial charge in [0.1, 0.15) is 10.8 Å². The van der Waals surface area contributed by atoms with Crippen LogP contribution in [-0.4, -0.2) is 27.7 Å². The van der Waals surface area contributed by atoms with Gasteiger partial charge in [-0.15, -0.1) is 0 Å². The molecule has 2 rings (SSSR count). The summed E-state index contributed by atoms with van der Waals surface area (Å²) in [5.74, 6) is -0.248. The molecule has 0 spiro atoms. The van der Waals surface area contributed by atoms with Crippen molar-refractivity contribution < 1.29 is 9.90 Å². The van der Waals surface area contributed by atoms with E-state index in [0.717, 1.165) is 25.7 Å². The van der Waals surface area contributed by atoms with E-state index in [4.69, 9.17) is 23.2 Å². The lowest BCUT2D eigenvalue weighted by atomic mass is 9.99. The number of nitrogens with one attached hydrogen (secondary N) is 1. The maximum Gasteiger partial charge on any atom is 0.268 e. The highest BCUT2D eigenvalue weighted by Crippen LogP contribution is 2.30. The molecule has 1 fully saturated rings. The van der Waals surface area contributed by atoms with Gasteiger partial charge < -0.3 is 15.0 Å². The van der Waals surface area contributed by atoms with E-state index < -0.39 is 5.54 Å². The number of carbonyl (C=O) groups excluding carboxylic acids is 1. The largest absolute Gasteiger partial charge is 0.394 e. The van der Waals surface area contributed by atoms with Gasteiger partial charge in [0, 0.05) is 7.05 Å². The zero-order valence-corrected chi connectivity index (χ0v) is 11.7. The van der Waals surface area contributed by atoms with Gasteiger partial charge in [-0.3, -0.25) is 4.79 Å². The lowest BCUT2D eigenvalue weighted by Gasteiger charge is -2.28. The first kappa shape index (κ1) is 13.7. The first-order valence-electron chi connectivity index (χ1n) is 5.93. The molecule has 2 N–H and O–H groups in total. The fourth-order valence-electron chi connectivity index (χ4n) is 2.44. The fourth-order valence-corrected chi connectivity index (χ4v) is 2.82. The van der Waals surface area contributed by atoms with Gasteiger partial charge in [0.25, 0.3) is 5.91 Å². The summed E-state index contributed by atoms with van der Waals surface area (Å²) in [5.41, 5.74) is -0.0787. The van der Waals surface area contributed by atoms with Crippen LogP contribution in [0.5, 0.6) is 0 Å². The van der Waals surface area contributed by atoms with Crippen molar-refractivity contribution >= 4 is 29.1 Å². The Morgan fingerprint density at radius 3 is 2.56 bits per heavy atom. The SMILES string of the molecule is Cn1c(C(=O)NC2(CO)CCCC2)cc(Cl)c1Cl. The Morgan fingerprint density at radius 2 is 2.11 bits per heavy atom. The van der Waals surface area contributed by atoms with Crippen molar-refractivity contribution in [3.05, 3.63) is 21.9 Å². The number of aromatic nitrogens is 1. The van der Waals surface area contributed by atoms with E-state index in [1.165, 1.54) is 0 Å². The van der Waals surface area contributed by atoms with Crippen LogP contribution in [0.15, 0.2) is 6.07 Å². The van der Waals surface area contributed by atoms with Crippen LogP contribution in [0.4, 0.5) is 0 Å².